The minimum Gasteiger partial charge on any atom is -0.491 e. The first-order valence-electron chi connectivity index (χ1n) is 9.71. The molecule has 2 aromatic rings. The maximum absolute atomic E-state index is 12.6. The predicted octanol–water partition coefficient (Wildman–Crippen LogP) is 5.01. The van der Waals surface area contributed by atoms with Gasteiger partial charge in [0.2, 0.25) is 0 Å². The summed E-state index contributed by atoms with van der Waals surface area (Å²) >= 11 is 12.1. The molecule has 0 spiro atoms. The molecule has 1 saturated heterocycles. The number of methoxy groups -OCH3 is 1. The van der Waals surface area contributed by atoms with Gasteiger partial charge in [0.15, 0.2) is 5.76 Å². The van der Waals surface area contributed by atoms with Gasteiger partial charge in [0, 0.05) is 34.7 Å². The number of nitrogens with zero attached hydrogens (tertiary/aromatic N) is 1. The van der Waals surface area contributed by atoms with Gasteiger partial charge in [0.25, 0.3) is 5.91 Å². The standard InChI is InChI=1S/C22H27Cl2N3O2/c1-13-8-17(9-14(2)27(13)3)26-22(28)21(29-4)7-5-6-16-10-15-11-18(23)19(24)12-20(15)25-16/h5-7,10-14,17,25H,8-9H2,1-4H3,(H,26,28). The Morgan fingerprint density at radius 3 is 2.52 bits per heavy atom. The number of rotatable bonds is 5. The number of ether oxygens (including phenoxy) is 1. The highest BCUT2D eigenvalue weighted by molar-refractivity contribution is 6.42. The molecule has 1 aromatic heterocycles. The Kier molecular flexibility index (Phi) is 6.93. The fourth-order valence-electron chi connectivity index (χ4n) is 3.78. The first kappa shape index (κ1) is 21.8. The Labute approximate surface area is 181 Å². The van der Waals surface area contributed by atoms with E-state index in [1.54, 1.807) is 18.2 Å². The molecule has 0 radical (unpaired) electrons. The second kappa shape index (κ2) is 9.24. The molecule has 1 aliphatic heterocycles. The number of piperidine rings is 1. The largest absolute Gasteiger partial charge is 0.491 e. The molecule has 1 fully saturated rings. The number of carbonyl (C=O) groups is 1. The van der Waals surface area contributed by atoms with Crippen molar-refractivity contribution in [2.45, 2.75) is 44.8 Å². The summed E-state index contributed by atoms with van der Waals surface area (Å²) in [5.41, 5.74) is 1.78. The minimum absolute atomic E-state index is 0.148. The number of carbonyl (C=O) groups excluding carboxylic acids is 1. The van der Waals surface area contributed by atoms with E-state index in [4.69, 9.17) is 27.9 Å². The number of fused-ring (bicyclic) bond motifs is 1. The van der Waals surface area contributed by atoms with Gasteiger partial charge in [-0.15, -0.1) is 0 Å². The maximum Gasteiger partial charge on any atom is 0.286 e. The molecular formula is C22H27Cl2N3O2. The number of amides is 1. The number of aromatic nitrogens is 1. The van der Waals surface area contributed by atoms with E-state index in [1.807, 2.05) is 18.2 Å². The highest BCUT2D eigenvalue weighted by Gasteiger charge is 2.29. The Bertz CT molecular complexity index is 900. The molecule has 156 valence electrons. The van der Waals surface area contributed by atoms with Crippen LogP contribution < -0.4 is 5.32 Å². The molecule has 2 atom stereocenters. The number of nitrogens with one attached hydrogen (secondary N) is 2. The van der Waals surface area contributed by atoms with E-state index < -0.39 is 0 Å². The monoisotopic (exact) mass is 435 g/mol. The van der Waals surface area contributed by atoms with E-state index in [0.29, 0.717) is 22.1 Å². The molecule has 2 heterocycles. The van der Waals surface area contributed by atoms with Crippen molar-refractivity contribution in [1.29, 1.82) is 0 Å². The van der Waals surface area contributed by atoms with Crippen LogP contribution >= 0.6 is 23.2 Å². The lowest BCUT2D eigenvalue weighted by atomic mass is 9.93. The quantitative estimate of drug-likeness (QED) is 0.394. The second-order valence-electron chi connectivity index (χ2n) is 7.68. The molecule has 2 N–H and O–H groups in total. The second-order valence-corrected chi connectivity index (χ2v) is 8.49. The first-order chi connectivity index (χ1) is 13.8. The van der Waals surface area contributed by atoms with Crippen molar-refractivity contribution < 1.29 is 9.53 Å². The molecule has 3 rings (SSSR count). The van der Waals surface area contributed by atoms with Crippen LogP contribution in [0.2, 0.25) is 10.0 Å². The van der Waals surface area contributed by atoms with Gasteiger partial charge in [-0.2, -0.15) is 0 Å². The Hall–Kier alpha value is -1.95. The molecule has 1 aromatic carbocycles. The summed E-state index contributed by atoms with van der Waals surface area (Å²) in [5.74, 6) is 0.0870. The van der Waals surface area contributed by atoms with Crippen LogP contribution in [0.1, 0.15) is 32.4 Å². The van der Waals surface area contributed by atoms with Crippen molar-refractivity contribution in [3.05, 3.63) is 51.8 Å². The lowest BCUT2D eigenvalue weighted by Gasteiger charge is -2.40. The van der Waals surface area contributed by atoms with Crippen molar-refractivity contribution in [1.82, 2.24) is 15.2 Å². The third-order valence-corrected chi connectivity index (χ3v) is 6.35. The van der Waals surface area contributed by atoms with Crippen LogP contribution in [0.5, 0.6) is 0 Å². The van der Waals surface area contributed by atoms with Gasteiger partial charge >= 0.3 is 0 Å². The van der Waals surface area contributed by atoms with E-state index in [9.17, 15) is 4.79 Å². The number of allylic oxidation sites excluding steroid dienone is 2. The lowest BCUT2D eigenvalue weighted by Crippen LogP contribution is -2.51. The zero-order valence-corrected chi connectivity index (χ0v) is 18.6. The molecule has 29 heavy (non-hydrogen) atoms. The summed E-state index contributed by atoms with van der Waals surface area (Å²) in [4.78, 5) is 18.2. The van der Waals surface area contributed by atoms with Crippen LogP contribution in [0.4, 0.5) is 0 Å². The lowest BCUT2D eigenvalue weighted by molar-refractivity contribution is -0.121. The van der Waals surface area contributed by atoms with Gasteiger partial charge in [0.05, 0.1) is 17.2 Å². The molecule has 0 bridgehead atoms. The van der Waals surface area contributed by atoms with Gasteiger partial charge < -0.3 is 19.9 Å². The smallest absolute Gasteiger partial charge is 0.286 e. The summed E-state index contributed by atoms with van der Waals surface area (Å²) in [6.45, 7) is 4.37. The number of hydrogen-bond donors (Lipinski definition) is 2. The summed E-state index contributed by atoms with van der Waals surface area (Å²) in [6, 6.07) is 6.60. The summed E-state index contributed by atoms with van der Waals surface area (Å²) < 4.78 is 5.30. The number of aromatic amines is 1. The van der Waals surface area contributed by atoms with Gasteiger partial charge in [-0.1, -0.05) is 29.3 Å². The minimum atomic E-state index is -0.193. The van der Waals surface area contributed by atoms with Crippen molar-refractivity contribution in [2.24, 2.45) is 0 Å². The zero-order valence-electron chi connectivity index (χ0n) is 17.1. The van der Waals surface area contributed by atoms with Gasteiger partial charge in [-0.05, 0) is 64.1 Å². The summed E-state index contributed by atoms with van der Waals surface area (Å²) in [5, 5.41) is 5.10. The van der Waals surface area contributed by atoms with E-state index >= 15 is 0 Å². The first-order valence-corrected chi connectivity index (χ1v) is 10.5. The molecule has 5 nitrogen and oxygen atoms in total. The highest BCUT2D eigenvalue weighted by atomic mass is 35.5. The normalized spacial score (nSPS) is 23.7. The molecule has 0 saturated carbocycles. The van der Waals surface area contributed by atoms with Crippen LogP contribution in [0.3, 0.4) is 0 Å². The number of H-pyrrole nitrogens is 1. The van der Waals surface area contributed by atoms with E-state index in [-0.39, 0.29) is 17.7 Å². The fourth-order valence-corrected chi connectivity index (χ4v) is 4.11. The maximum atomic E-state index is 12.6. The number of likely N-dealkylation sites (tertiary alicyclic amines) is 1. The zero-order chi connectivity index (χ0) is 21.1. The van der Waals surface area contributed by atoms with Crippen molar-refractivity contribution in [3.63, 3.8) is 0 Å². The number of halogens is 2. The summed E-state index contributed by atoms with van der Waals surface area (Å²) in [7, 11) is 3.64. The van der Waals surface area contributed by atoms with E-state index in [0.717, 1.165) is 29.4 Å². The molecular weight excluding hydrogens is 409 g/mol. The Morgan fingerprint density at radius 1 is 1.21 bits per heavy atom. The van der Waals surface area contributed by atoms with Crippen LogP contribution in [-0.2, 0) is 9.53 Å². The van der Waals surface area contributed by atoms with E-state index in [1.165, 1.54) is 7.11 Å². The highest BCUT2D eigenvalue weighted by Crippen LogP contribution is 2.28. The molecule has 1 amide bonds. The van der Waals surface area contributed by atoms with Crippen LogP contribution in [0, 0.1) is 0 Å². The fraction of sp³-hybridized carbons (Fsp3) is 0.409. The van der Waals surface area contributed by atoms with Gasteiger partial charge in [-0.25, -0.2) is 0 Å². The topological polar surface area (TPSA) is 57.4 Å². The average molecular weight is 436 g/mol. The van der Waals surface area contributed by atoms with E-state index in [2.05, 4.69) is 36.1 Å². The Balaban J connectivity index is 1.67. The average Bonchev–Trinajstić information content (AvgIpc) is 3.04. The molecule has 1 aliphatic rings. The van der Waals surface area contributed by atoms with Crippen molar-refractivity contribution in [3.8, 4) is 0 Å². The SMILES string of the molecule is COC(=CC=Cc1cc2cc(Cl)c(Cl)cc2[nH]1)C(=O)NC1CC(C)N(C)C(C)C1. The van der Waals surface area contributed by atoms with Gasteiger partial charge in [-0.3, -0.25) is 4.79 Å². The molecule has 0 aliphatic carbocycles. The van der Waals surface area contributed by atoms with Crippen molar-refractivity contribution >= 4 is 46.1 Å². The molecule has 7 heteroatoms. The van der Waals surface area contributed by atoms with Crippen LogP contribution in [0.15, 0.2) is 36.1 Å². The summed E-state index contributed by atoms with van der Waals surface area (Å²) in [6.07, 6.45) is 7.18. The van der Waals surface area contributed by atoms with Crippen LogP contribution in [-0.4, -0.2) is 48.1 Å². The van der Waals surface area contributed by atoms with Crippen LogP contribution in [0.25, 0.3) is 17.0 Å². The van der Waals surface area contributed by atoms with Crippen molar-refractivity contribution in [2.75, 3.05) is 14.2 Å². The van der Waals surface area contributed by atoms with Gasteiger partial charge in [0.1, 0.15) is 0 Å². The third-order valence-electron chi connectivity index (χ3n) is 5.63. The molecule has 2 unspecified atom stereocenters. The Morgan fingerprint density at radius 2 is 1.86 bits per heavy atom. The predicted molar refractivity (Wildman–Crippen MR) is 120 cm³/mol. The third kappa shape index (κ3) is 5.16. The number of benzene rings is 1. The number of hydrogen-bond acceptors (Lipinski definition) is 3.